The Morgan fingerprint density at radius 2 is 2.36 bits per heavy atom. The van der Waals surface area contributed by atoms with Crippen molar-refractivity contribution in [2.75, 3.05) is 40.0 Å². The minimum Gasteiger partial charge on any atom is -0.377 e. The third kappa shape index (κ3) is 4.37. The molecular weight excluding hydrogens is 320 g/mol. The van der Waals surface area contributed by atoms with Gasteiger partial charge < -0.3 is 19.1 Å². The van der Waals surface area contributed by atoms with Gasteiger partial charge in [-0.05, 0) is 38.3 Å². The van der Waals surface area contributed by atoms with Gasteiger partial charge in [-0.2, -0.15) is 0 Å². The van der Waals surface area contributed by atoms with Crippen molar-refractivity contribution in [3.63, 3.8) is 0 Å². The van der Waals surface area contributed by atoms with Crippen molar-refractivity contribution in [3.8, 4) is 0 Å². The smallest absolute Gasteiger partial charge is 0.248 e. The molecule has 2 atom stereocenters. The van der Waals surface area contributed by atoms with E-state index < -0.39 is 0 Å². The lowest BCUT2D eigenvalue weighted by Crippen LogP contribution is -2.58. The molecule has 3 rings (SSSR count). The van der Waals surface area contributed by atoms with E-state index in [2.05, 4.69) is 4.98 Å². The summed E-state index contributed by atoms with van der Waals surface area (Å²) in [4.78, 5) is 18.7. The number of amides is 1. The summed E-state index contributed by atoms with van der Waals surface area (Å²) in [6.07, 6.45) is 3.06. The SMILES string of the molecule is COCC(=O)N1CC[C@H]2OCCC[C@@]2(COCc2cccc(C)n2)C1. The first kappa shape index (κ1) is 18.3. The van der Waals surface area contributed by atoms with Gasteiger partial charge >= 0.3 is 0 Å². The molecule has 2 aliphatic rings. The number of pyridine rings is 1. The summed E-state index contributed by atoms with van der Waals surface area (Å²) >= 11 is 0. The van der Waals surface area contributed by atoms with Crippen LogP contribution in [0.5, 0.6) is 0 Å². The standard InChI is InChI=1S/C19H28N2O4/c1-15-5-3-6-16(20-15)11-24-14-19-8-4-10-25-17(19)7-9-21(13-19)18(22)12-23-2/h3,5-6,17H,4,7-14H2,1-2H3/t17-,19+/m1/s1. The van der Waals surface area contributed by atoms with Crippen molar-refractivity contribution in [1.82, 2.24) is 9.88 Å². The minimum absolute atomic E-state index is 0.0475. The quantitative estimate of drug-likeness (QED) is 0.786. The van der Waals surface area contributed by atoms with Gasteiger partial charge in [0.2, 0.25) is 5.91 Å². The summed E-state index contributed by atoms with van der Waals surface area (Å²) < 4.78 is 17.1. The Balaban J connectivity index is 1.64. The van der Waals surface area contributed by atoms with E-state index in [4.69, 9.17) is 14.2 Å². The van der Waals surface area contributed by atoms with Crippen LogP contribution in [0.1, 0.15) is 30.7 Å². The van der Waals surface area contributed by atoms with Crippen molar-refractivity contribution >= 4 is 5.91 Å². The van der Waals surface area contributed by atoms with Gasteiger partial charge in [-0.1, -0.05) is 6.07 Å². The molecule has 0 spiro atoms. The zero-order valence-electron chi connectivity index (χ0n) is 15.2. The molecule has 0 bridgehead atoms. The largest absolute Gasteiger partial charge is 0.377 e. The van der Waals surface area contributed by atoms with Gasteiger partial charge in [0.15, 0.2) is 0 Å². The van der Waals surface area contributed by atoms with Crippen molar-refractivity contribution < 1.29 is 19.0 Å². The van der Waals surface area contributed by atoms with Crippen LogP contribution in [0.15, 0.2) is 18.2 Å². The lowest BCUT2D eigenvalue weighted by Gasteiger charge is -2.50. The number of nitrogens with zero attached hydrogens (tertiary/aromatic N) is 2. The Kier molecular flexibility index (Phi) is 6.04. The van der Waals surface area contributed by atoms with E-state index in [9.17, 15) is 4.79 Å². The number of carbonyl (C=O) groups is 1. The second-order valence-corrected chi connectivity index (χ2v) is 7.13. The number of hydrogen-bond donors (Lipinski definition) is 0. The Hall–Kier alpha value is -1.50. The average molecular weight is 348 g/mol. The van der Waals surface area contributed by atoms with Gasteiger partial charge in [-0.15, -0.1) is 0 Å². The predicted molar refractivity (Wildman–Crippen MR) is 93.1 cm³/mol. The number of aryl methyl sites for hydroxylation is 1. The third-order valence-corrected chi connectivity index (χ3v) is 5.19. The van der Waals surface area contributed by atoms with Crippen LogP contribution in [0.4, 0.5) is 0 Å². The van der Waals surface area contributed by atoms with Crippen molar-refractivity contribution in [2.24, 2.45) is 5.41 Å². The lowest BCUT2D eigenvalue weighted by molar-refractivity contribution is -0.168. The topological polar surface area (TPSA) is 60.9 Å². The zero-order chi connectivity index (χ0) is 17.7. The zero-order valence-corrected chi connectivity index (χ0v) is 15.2. The highest BCUT2D eigenvalue weighted by Gasteiger charge is 2.47. The van der Waals surface area contributed by atoms with Crippen LogP contribution in [0.3, 0.4) is 0 Å². The first-order valence-corrected chi connectivity index (χ1v) is 9.01. The number of ether oxygens (including phenoxy) is 3. The Morgan fingerprint density at radius 3 is 3.16 bits per heavy atom. The van der Waals surface area contributed by atoms with Gasteiger partial charge in [-0.25, -0.2) is 0 Å². The van der Waals surface area contributed by atoms with Crippen LogP contribution >= 0.6 is 0 Å². The highest BCUT2D eigenvalue weighted by atomic mass is 16.5. The second-order valence-electron chi connectivity index (χ2n) is 7.13. The van der Waals surface area contributed by atoms with E-state index in [-0.39, 0.29) is 24.0 Å². The Morgan fingerprint density at radius 1 is 1.48 bits per heavy atom. The molecule has 138 valence electrons. The van der Waals surface area contributed by atoms with E-state index in [0.29, 0.717) is 19.8 Å². The van der Waals surface area contributed by atoms with E-state index in [0.717, 1.165) is 43.8 Å². The van der Waals surface area contributed by atoms with E-state index in [1.807, 2.05) is 30.0 Å². The fourth-order valence-electron chi connectivity index (χ4n) is 3.97. The van der Waals surface area contributed by atoms with E-state index in [1.165, 1.54) is 0 Å². The van der Waals surface area contributed by atoms with Crippen LogP contribution in [0, 0.1) is 12.3 Å². The Bertz CT molecular complexity index is 595. The van der Waals surface area contributed by atoms with Gasteiger partial charge in [0.25, 0.3) is 0 Å². The number of hydrogen-bond acceptors (Lipinski definition) is 5. The van der Waals surface area contributed by atoms with Crippen LogP contribution in [-0.2, 0) is 25.6 Å². The fourth-order valence-corrected chi connectivity index (χ4v) is 3.97. The molecule has 0 unspecified atom stereocenters. The first-order chi connectivity index (χ1) is 12.1. The summed E-state index contributed by atoms with van der Waals surface area (Å²) in [6, 6.07) is 5.96. The first-order valence-electron chi connectivity index (χ1n) is 9.01. The van der Waals surface area contributed by atoms with Gasteiger partial charge in [0.1, 0.15) is 6.61 Å². The maximum absolute atomic E-state index is 12.3. The molecule has 2 aliphatic heterocycles. The van der Waals surface area contributed by atoms with Crippen LogP contribution < -0.4 is 0 Å². The fraction of sp³-hybridized carbons (Fsp3) is 0.684. The number of methoxy groups -OCH3 is 1. The average Bonchev–Trinajstić information content (AvgIpc) is 2.61. The second kappa shape index (κ2) is 8.25. The molecule has 0 saturated carbocycles. The minimum atomic E-state index is -0.121. The molecular formula is C19H28N2O4. The number of piperidine rings is 1. The van der Waals surface area contributed by atoms with Crippen molar-refractivity contribution in [3.05, 3.63) is 29.6 Å². The highest BCUT2D eigenvalue weighted by Crippen LogP contribution is 2.40. The highest BCUT2D eigenvalue weighted by molar-refractivity contribution is 5.77. The molecule has 6 nitrogen and oxygen atoms in total. The third-order valence-electron chi connectivity index (χ3n) is 5.19. The summed E-state index contributed by atoms with van der Waals surface area (Å²) in [5.74, 6) is 0.0475. The van der Waals surface area contributed by atoms with Crippen molar-refractivity contribution in [1.29, 1.82) is 0 Å². The number of fused-ring (bicyclic) bond motifs is 1. The molecule has 2 fully saturated rings. The summed E-state index contributed by atoms with van der Waals surface area (Å²) in [7, 11) is 1.56. The van der Waals surface area contributed by atoms with Gasteiger partial charge in [0.05, 0.1) is 25.0 Å². The molecule has 0 radical (unpaired) electrons. The molecule has 1 aromatic heterocycles. The molecule has 1 amide bonds. The van der Waals surface area contributed by atoms with Crippen molar-refractivity contribution in [2.45, 2.75) is 38.9 Å². The van der Waals surface area contributed by atoms with Crippen LogP contribution in [0.2, 0.25) is 0 Å². The summed E-state index contributed by atoms with van der Waals surface area (Å²) in [6.45, 7) is 5.41. The Labute approximate surface area is 149 Å². The number of aromatic nitrogens is 1. The summed E-state index contributed by atoms with van der Waals surface area (Å²) in [5.41, 5.74) is 1.81. The monoisotopic (exact) mass is 348 g/mol. The normalized spacial score (nSPS) is 26.3. The molecule has 2 saturated heterocycles. The van der Waals surface area contributed by atoms with E-state index >= 15 is 0 Å². The predicted octanol–water partition coefficient (Wildman–Crippen LogP) is 1.95. The van der Waals surface area contributed by atoms with E-state index in [1.54, 1.807) is 7.11 Å². The number of likely N-dealkylation sites (tertiary alicyclic amines) is 1. The number of rotatable bonds is 6. The molecule has 6 heteroatoms. The van der Waals surface area contributed by atoms with Gasteiger partial charge in [0, 0.05) is 37.9 Å². The maximum Gasteiger partial charge on any atom is 0.248 e. The molecule has 3 heterocycles. The molecule has 0 aliphatic carbocycles. The maximum atomic E-state index is 12.3. The summed E-state index contributed by atoms with van der Waals surface area (Å²) in [5, 5.41) is 0. The van der Waals surface area contributed by atoms with Crippen LogP contribution in [-0.4, -0.2) is 61.9 Å². The number of carbonyl (C=O) groups excluding carboxylic acids is 1. The molecule has 25 heavy (non-hydrogen) atoms. The lowest BCUT2D eigenvalue weighted by atomic mass is 9.73. The van der Waals surface area contributed by atoms with Crippen LogP contribution in [0.25, 0.3) is 0 Å². The molecule has 0 N–H and O–H groups in total. The molecule has 0 aromatic carbocycles. The van der Waals surface area contributed by atoms with Gasteiger partial charge in [-0.3, -0.25) is 9.78 Å². The molecule has 1 aromatic rings.